The number of nitriles is 2. The van der Waals surface area contributed by atoms with E-state index in [1.54, 1.807) is 58.5 Å². The van der Waals surface area contributed by atoms with Crippen molar-refractivity contribution in [2.45, 2.75) is 84.1 Å². The molecule has 24 heteroatoms. The average molecular weight is 1190 g/mol. The Labute approximate surface area is 494 Å². The van der Waals surface area contributed by atoms with Crippen molar-refractivity contribution < 1.29 is 54.8 Å². The van der Waals surface area contributed by atoms with Gasteiger partial charge in [-0.2, -0.15) is 10.5 Å². The zero-order valence-electron chi connectivity index (χ0n) is 47.2. The number of carbonyl (C=O) groups is 2. The number of carbonyl (C=O) groups excluding carboxylic acids is 2. The SMILES string of the molecule is C.CC1(C)OB(c2cc(F)c(NC3CCOCC3)c(C#N)c2)OC1(C)C.CN(C)C(=O)c1cnc(-c2cc3nccc(-c4cc(F)c(NC5CCOCC5)c(C#N)c4)c3o2)c(F)c1.CN(C)C(=O)c1cnc(-c2cc3nccc(Cl)c3o2)c(F)c1. The molecule has 9 heterocycles. The number of pyridine rings is 4. The Morgan fingerprint density at radius 1 is 0.624 bits per heavy atom. The molecule has 0 saturated carbocycles. The number of rotatable bonds is 10. The highest BCUT2D eigenvalue weighted by molar-refractivity contribution is 6.62. The minimum Gasteiger partial charge on any atom is -0.452 e. The summed E-state index contributed by atoms with van der Waals surface area (Å²) in [6, 6.07) is 18.8. The number of anilines is 2. The van der Waals surface area contributed by atoms with Crippen LogP contribution in [0.2, 0.25) is 5.02 Å². The van der Waals surface area contributed by atoms with E-state index in [-0.39, 0.29) is 87.9 Å². The molecular formula is C61H62BClF4N10O8. The number of nitrogens with one attached hydrogen (secondary N) is 2. The molecule has 0 unspecified atom stereocenters. The molecule has 442 valence electrons. The van der Waals surface area contributed by atoms with Crippen LogP contribution in [0.15, 0.2) is 94.3 Å². The first-order valence-corrected chi connectivity index (χ1v) is 27.1. The van der Waals surface area contributed by atoms with Crippen molar-refractivity contribution in [2.24, 2.45) is 0 Å². The molecule has 0 radical (unpaired) electrons. The Bertz CT molecular complexity index is 3860. The van der Waals surface area contributed by atoms with E-state index in [4.69, 9.17) is 39.2 Å². The average Bonchev–Trinajstić information content (AvgIpc) is 3.12. The van der Waals surface area contributed by atoms with Crippen molar-refractivity contribution in [2.75, 3.05) is 65.3 Å². The van der Waals surface area contributed by atoms with Gasteiger partial charge in [0.05, 0.1) is 49.9 Å². The fourth-order valence-corrected chi connectivity index (χ4v) is 9.55. The molecule has 2 aromatic carbocycles. The highest BCUT2D eigenvalue weighted by Gasteiger charge is 2.52. The fraction of sp³-hybridized carbons (Fsp3) is 0.344. The number of amides is 2. The van der Waals surface area contributed by atoms with Gasteiger partial charge in [-0.15, -0.1) is 0 Å². The Kier molecular flexibility index (Phi) is 19.3. The minimum absolute atomic E-state index is 0. The maximum atomic E-state index is 15.2. The number of furan rings is 2. The number of aromatic nitrogens is 4. The molecule has 0 atom stereocenters. The van der Waals surface area contributed by atoms with Crippen LogP contribution in [0.4, 0.5) is 28.9 Å². The van der Waals surface area contributed by atoms with Gasteiger partial charge in [0.2, 0.25) is 0 Å². The summed E-state index contributed by atoms with van der Waals surface area (Å²) in [5.41, 5.74) is 2.99. The van der Waals surface area contributed by atoms with E-state index >= 15 is 4.39 Å². The van der Waals surface area contributed by atoms with E-state index in [2.05, 4.69) is 42.7 Å². The number of hydrogen-bond acceptors (Lipinski definition) is 16. The van der Waals surface area contributed by atoms with Crippen LogP contribution in [0, 0.1) is 45.9 Å². The van der Waals surface area contributed by atoms with E-state index in [9.17, 15) is 33.3 Å². The van der Waals surface area contributed by atoms with Crippen molar-refractivity contribution in [1.29, 1.82) is 10.5 Å². The van der Waals surface area contributed by atoms with Crippen molar-refractivity contribution in [3.8, 4) is 46.2 Å². The molecule has 0 spiro atoms. The molecule has 6 aromatic heterocycles. The summed E-state index contributed by atoms with van der Waals surface area (Å²) in [5, 5.41) is 25.9. The third-order valence-corrected chi connectivity index (χ3v) is 14.9. The van der Waals surface area contributed by atoms with Gasteiger partial charge < -0.3 is 48.1 Å². The zero-order chi connectivity index (χ0) is 60.2. The van der Waals surface area contributed by atoms with Crippen molar-refractivity contribution in [1.82, 2.24) is 29.7 Å². The summed E-state index contributed by atoms with van der Waals surface area (Å²) in [4.78, 5) is 43.1. The lowest BCUT2D eigenvalue weighted by Crippen LogP contribution is -2.41. The predicted molar refractivity (Wildman–Crippen MR) is 314 cm³/mol. The van der Waals surface area contributed by atoms with Gasteiger partial charge in [-0.05, 0) is 113 Å². The van der Waals surface area contributed by atoms with Crippen LogP contribution in [0.25, 0.3) is 56.2 Å². The highest BCUT2D eigenvalue weighted by Crippen LogP contribution is 2.39. The van der Waals surface area contributed by atoms with E-state index in [0.717, 1.165) is 37.8 Å². The highest BCUT2D eigenvalue weighted by atomic mass is 35.5. The monoisotopic (exact) mass is 1180 g/mol. The molecule has 18 nitrogen and oxygen atoms in total. The van der Waals surface area contributed by atoms with Gasteiger partial charge in [-0.3, -0.25) is 19.6 Å². The molecule has 2 N–H and O–H groups in total. The Morgan fingerprint density at radius 2 is 1.07 bits per heavy atom. The number of benzene rings is 2. The molecule has 3 fully saturated rings. The van der Waals surface area contributed by atoms with Gasteiger partial charge >= 0.3 is 7.12 Å². The quantitative estimate of drug-likeness (QED) is 0.0958. The number of ether oxygens (including phenoxy) is 2. The van der Waals surface area contributed by atoms with Crippen LogP contribution in [-0.2, 0) is 18.8 Å². The fourth-order valence-electron chi connectivity index (χ4n) is 9.36. The minimum atomic E-state index is -0.727. The summed E-state index contributed by atoms with van der Waals surface area (Å²) in [7, 11) is 5.61. The van der Waals surface area contributed by atoms with Crippen LogP contribution >= 0.6 is 11.6 Å². The number of halogens is 5. The van der Waals surface area contributed by atoms with Crippen LogP contribution in [0.3, 0.4) is 0 Å². The first-order valence-electron chi connectivity index (χ1n) is 26.8. The van der Waals surface area contributed by atoms with Crippen molar-refractivity contribution in [3.05, 3.63) is 136 Å². The standard InChI is InChI=1S/C27H23F2N5O3.C18H24BFN2O3.C15H11ClFN3O2.CH4/c1-34(2)27(35)17-11-21(29)25(32-14-17)23-12-22-26(37-23)19(3-6-31-22)15-9-16(13-30)24(20(28)10-15)33-18-4-7-36-8-5-18;1-17(2)18(3,4)25-19(24-17)13-9-12(11-21)16(15(20)10-13)22-14-5-7-23-8-6-14;1-20(2)15(21)8-5-10(17)13(19-7-8)12-6-11-14(22-12)9(16)3-4-18-11;/h3,6,9-12,14,18,33H,4-5,7-8H2,1-2H3;9-10,14,22H,5-8H2,1-4H3;3-7H,1-2H3;1H4. The van der Waals surface area contributed by atoms with Gasteiger partial charge in [0.15, 0.2) is 34.3 Å². The van der Waals surface area contributed by atoms with E-state index in [1.165, 1.54) is 52.8 Å². The maximum absolute atomic E-state index is 15.2. The van der Waals surface area contributed by atoms with Gasteiger partial charge in [-0.1, -0.05) is 19.0 Å². The third kappa shape index (κ3) is 13.7. The lowest BCUT2D eigenvalue weighted by atomic mass is 9.78. The molecule has 3 aliphatic heterocycles. The Balaban J connectivity index is 0.000000172. The zero-order valence-corrected chi connectivity index (χ0v) is 48.0. The molecule has 8 aromatic rings. The number of nitrogens with zero attached hydrogens (tertiary/aromatic N) is 8. The molecule has 0 aliphatic carbocycles. The molecule has 11 rings (SSSR count). The molecule has 3 saturated heterocycles. The first kappa shape index (κ1) is 62.6. The predicted octanol–water partition coefficient (Wildman–Crippen LogP) is 11.6. The summed E-state index contributed by atoms with van der Waals surface area (Å²) in [6.07, 6.45) is 8.68. The van der Waals surface area contributed by atoms with Gasteiger partial charge in [0.1, 0.15) is 46.2 Å². The lowest BCUT2D eigenvalue weighted by Gasteiger charge is -2.32. The summed E-state index contributed by atoms with van der Waals surface area (Å²) in [6.45, 7) is 10.2. The molecule has 3 aliphatic rings. The van der Waals surface area contributed by atoms with Crippen LogP contribution in [0.5, 0.6) is 0 Å². The Hall–Kier alpha value is -8.45. The normalized spacial score (nSPS) is 15.5. The van der Waals surface area contributed by atoms with Gasteiger partial charge in [-0.25, -0.2) is 27.5 Å². The van der Waals surface area contributed by atoms with Crippen LogP contribution < -0.4 is 16.1 Å². The van der Waals surface area contributed by atoms with Crippen LogP contribution in [0.1, 0.15) is 92.6 Å². The summed E-state index contributed by atoms with van der Waals surface area (Å²) in [5.74, 6) is -2.80. The second-order valence-corrected chi connectivity index (χ2v) is 21.9. The number of fused-ring (bicyclic) bond motifs is 2. The summed E-state index contributed by atoms with van der Waals surface area (Å²) < 4.78 is 93.1. The van der Waals surface area contributed by atoms with E-state index < -0.39 is 41.6 Å². The molecule has 0 bridgehead atoms. The first-order chi connectivity index (χ1) is 40.1. The topological polar surface area (TPSA) is 227 Å². The van der Waals surface area contributed by atoms with Crippen molar-refractivity contribution in [3.63, 3.8) is 0 Å². The second kappa shape index (κ2) is 26.2. The lowest BCUT2D eigenvalue weighted by molar-refractivity contribution is 0.00578. The molecular weight excluding hydrogens is 1120 g/mol. The largest absolute Gasteiger partial charge is 0.494 e. The Morgan fingerprint density at radius 3 is 1.53 bits per heavy atom. The third-order valence-electron chi connectivity index (χ3n) is 14.7. The number of hydrogen-bond donors (Lipinski definition) is 2. The van der Waals surface area contributed by atoms with Gasteiger partial charge in [0, 0.05) is 109 Å². The van der Waals surface area contributed by atoms with Crippen molar-refractivity contribution >= 4 is 69.6 Å². The van der Waals surface area contributed by atoms with E-state index in [1.807, 2.05) is 27.7 Å². The smallest absolute Gasteiger partial charge is 0.452 e. The molecule has 85 heavy (non-hydrogen) atoms. The second-order valence-electron chi connectivity index (χ2n) is 21.5. The maximum Gasteiger partial charge on any atom is 0.494 e. The van der Waals surface area contributed by atoms with Gasteiger partial charge in [0.25, 0.3) is 11.8 Å². The van der Waals surface area contributed by atoms with E-state index in [0.29, 0.717) is 70.2 Å². The molecule has 2 amide bonds. The summed E-state index contributed by atoms with van der Waals surface area (Å²) >= 11 is 6.00. The van der Waals surface area contributed by atoms with Crippen LogP contribution in [-0.4, -0.2) is 127 Å².